The van der Waals surface area contributed by atoms with E-state index in [4.69, 9.17) is 16.3 Å². The van der Waals surface area contributed by atoms with E-state index >= 15 is 0 Å². The van der Waals surface area contributed by atoms with Gasteiger partial charge in [0.25, 0.3) is 5.69 Å². The highest BCUT2D eigenvalue weighted by molar-refractivity contribution is 6.37. The van der Waals surface area contributed by atoms with Gasteiger partial charge in [0.2, 0.25) is 0 Å². The molecule has 0 atom stereocenters. The number of nitrogens with zero attached hydrogens (tertiary/aromatic N) is 1. The number of benzene rings is 3. The van der Waals surface area contributed by atoms with Gasteiger partial charge in [-0.25, -0.2) is 0 Å². The Kier molecular flexibility index (Phi) is 3.69. The highest BCUT2D eigenvalue weighted by Crippen LogP contribution is 2.41. The van der Waals surface area contributed by atoms with Gasteiger partial charge in [0.15, 0.2) is 5.75 Å². The van der Waals surface area contributed by atoms with Crippen molar-refractivity contribution in [2.75, 3.05) is 0 Å². The number of para-hydroxylation sites is 1. The normalized spacial score (nSPS) is 10.6. The Morgan fingerprint density at radius 3 is 2.32 bits per heavy atom. The summed E-state index contributed by atoms with van der Waals surface area (Å²) in [5.41, 5.74) is 0.901. The van der Waals surface area contributed by atoms with Crippen LogP contribution in [-0.2, 0) is 0 Å². The molecule has 0 unspecified atom stereocenters. The fraction of sp³-hybridized carbons (Fsp3) is 0.0588. The maximum Gasteiger partial charge on any atom is 0.281 e. The maximum absolute atomic E-state index is 11.3. The molecule has 5 heteroatoms. The molecule has 0 saturated heterocycles. The Hall–Kier alpha value is -2.59. The van der Waals surface area contributed by atoms with Gasteiger partial charge in [-0.05, 0) is 24.6 Å². The first-order valence-corrected chi connectivity index (χ1v) is 7.05. The van der Waals surface area contributed by atoms with Crippen molar-refractivity contribution in [2.24, 2.45) is 0 Å². The van der Waals surface area contributed by atoms with Crippen molar-refractivity contribution in [3.63, 3.8) is 0 Å². The van der Waals surface area contributed by atoms with E-state index in [1.165, 1.54) is 6.07 Å². The predicted molar refractivity (Wildman–Crippen MR) is 86.9 cm³/mol. The highest BCUT2D eigenvalue weighted by Gasteiger charge is 2.19. The molecule has 110 valence electrons. The van der Waals surface area contributed by atoms with Gasteiger partial charge in [0.1, 0.15) is 5.75 Å². The Balaban J connectivity index is 2.20. The summed E-state index contributed by atoms with van der Waals surface area (Å²) in [5.74, 6) is 0.898. The van der Waals surface area contributed by atoms with Crippen LogP contribution in [0.2, 0.25) is 5.02 Å². The van der Waals surface area contributed by atoms with Crippen LogP contribution in [0.1, 0.15) is 5.56 Å². The quantitative estimate of drug-likeness (QED) is 0.473. The number of non-ortho nitro benzene ring substituents is 1. The second kappa shape index (κ2) is 5.66. The number of halogens is 1. The van der Waals surface area contributed by atoms with Gasteiger partial charge in [0, 0.05) is 5.39 Å². The molecule has 0 spiro atoms. The molecule has 22 heavy (non-hydrogen) atoms. The maximum atomic E-state index is 11.3. The molecule has 0 aliphatic carbocycles. The summed E-state index contributed by atoms with van der Waals surface area (Å²) in [6, 6.07) is 15.8. The Morgan fingerprint density at radius 2 is 1.64 bits per heavy atom. The van der Waals surface area contributed by atoms with E-state index in [2.05, 4.69) is 0 Å². The van der Waals surface area contributed by atoms with Crippen LogP contribution in [-0.4, -0.2) is 4.92 Å². The lowest BCUT2D eigenvalue weighted by Crippen LogP contribution is -1.94. The SMILES string of the molecule is Cc1ccccc1Oc1cc([N+](=O)[O-])c2ccccc2c1Cl. The van der Waals surface area contributed by atoms with Crippen molar-refractivity contribution in [2.45, 2.75) is 6.92 Å². The van der Waals surface area contributed by atoms with Crippen molar-refractivity contribution >= 4 is 28.1 Å². The first-order valence-electron chi connectivity index (χ1n) is 6.67. The summed E-state index contributed by atoms with van der Waals surface area (Å²) >= 11 is 6.37. The third-order valence-electron chi connectivity index (χ3n) is 3.43. The van der Waals surface area contributed by atoms with Crippen LogP contribution in [0, 0.1) is 17.0 Å². The van der Waals surface area contributed by atoms with Gasteiger partial charge >= 0.3 is 0 Å². The monoisotopic (exact) mass is 313 g/mol. The third kappa shape index (κ3) is 2.49. The van der Waals surface area contributed by atoms with E-state index in [0.29, 0.717) is 21.5 Å². The lowest BCUT2D eigenvalue weighted by atomic mass is 10.1. The largest absolute Gasteiger partial charge is 0.455 e. The van der Waals surface area contributed by atoms with Crippen molar-refractivity contribution in [1.29, 1.82) is 0 Å². The number of aryl methyl sites for hydroxylation is 1. The summed E-state index contributed by atoms with van der Waals surface area (Å²) in [6.07, 6.45) is 0. The molecule has 0 N–H and O–H groups in total. The van der Waals surface area contributed by atoms with E-state index in [1.807, 2.05) is 25.1 Å². The summed E-state index contributed by atoms with van der Waals surface area (Å²) < 4.78 is 5.80. The minimum absolute atomic E-state index is 0.0245. The molecule has 0 aliphatic heterocycles. The number of ether oxygens (including phenoxy) is 1. The molecule has 0 aromatic heterocycles. The number of rotatable bonds is 3. The Morgan fingerprint density at radius 1 is 1.00 bits per heavy atom. The molecule has 3 rings (SSSR count). The molecule has 3 aromatic rings. The molecular weight excluding hydrogens is 302 g/mol. The zero-order chi connectivity index (χ0) is 15.7. The molecule has 0 aliphatic rings. The number of hydrogen-bond acceptors (Lipinski definition) is 3. The van der Waals surface area contributed by atoms with Crippen LogP contribution in [0.5, 0.6) is 11.5 Å². The highest BCUT2D eigenvalue weighted by atomic mass is 35.5. The van der Waals surface area contributed by atoms with Gasteiger partial charge in [0.05, 0.1) is 21.4 Å². The van der Waals surface area contributed by atoms with Gasteiger partial charge in [-0.15, -0.1) is 0 Å². The number of fused-ring (bicyclic) bond motifs is 1. The fourth-order valence-electron chi connectivity index (χ4n) is 2.31. The van der Waals surface area contributed by atoms with Crippen LogP contribution < -0.4 is 4.74 Å². The topological polar surface area (TPSA) is 52.4 Å². The van der Waals surface area contributed by atoms with Gasteiger partial charge in [-0.3, -0.25) is 10.1 Å². The molecule has 0 amide bonds. The summed E-state index contributed by atoms with van der Waals surface area (Å²) in [6.45, 7) is 1.90. The summed E-state index contributed by atoms with van der Waals surface area (Å²) in [7, 11) is 0. The smallest absolute Gasteiger partial charge is 0.281 e. The summed E-state index contributed by atoms with van der Waals surface area (Å²) in [5, 5.41) is 12.8. The fourth-order valence-corrected chi connectivity index (χ4v) is 2.57. The minimum Gasteiger partial charge on any atom is -0.455 e. The van der Waals surface area contributed by atoms with E-state index in [-0.39, 0.29) is 11.4 Å². The van der Waals surface area contributed by atoms with E-state index < -0.39 is 4.92 Å². The predicted octanol–water partition coefficient (Wildman–Crippen LogP) is 5.50. The molecule has 0 radical (unpaired) electrons. The van der Waals surface area contributed by atoms with E-state index in [0.717, 1.165) is 5.56 Å². The van der Waals surface area contributed by atoms with E-state index in [9.17, 15) is 10.1 Å². The molecule has 3 aromatic carbocycles. The molecule has 0 heterocycles. The number of hydrogen-bond donors (Lipinski definition) is 0. The lowest BCUT2D eigenvalue weighted by molar-refractivity contribution is -0.383. The van der Waals surface area contributed by atoms with Crippen molar-refractivity contribution in [3.05, 3.63) is 75.3 Å². The van der Waals surface area contributed by atoms with Crippen molar-refractivity contribution in [3.8, 4) is 11.5 Å². The standard InChI is InChI=1S/C17H12ClNO3/c1-11-6-2-5-9-15(11)22-16-10-14(19(20)21)12-7-3-4-8-13(12)17(16)18/h2-10H,1H3. The van der Waals surface area contributed by atoms with E-state index in [1.54, 1.807) is 30.3 Å². The van der Waals surface area contributed by atoms with Gasteiger partial charge < -0.3 is 4.74 Å². The van der Waals surface area contributed by atoms with Crippen LogP contribution in [0.25, 0.3) is 10.8 Å². The molecule has 0 bridgehead atoms. The molecule has 0 saturated carbocycles. The lowest BCUT2D eigenvalue weighted by Gasteiger charge is -2.12. The minimum atomic E-state index is -0.427. The van der Waals surface area contributed by atoms with Crippen LogP contribution in [0.4, 0.5) is 5.69 Å². The van der Waals surface area contributed by atoms with Crippen molar-refractivity contribution in [1.82, 2.24) is 0 Å². The van der Waals surface area contributed by atoms with Crippen molar-refractivity contribution < 1.29 is 9.66 Å². The number of nitro groups is 1. The number of nitro benzene ring substituents is 1. The first kappa shape index (κ1) is 14.4. The second-order valence-electron chi connectivity index (χ2n) is 4.88. The average molecular weight is 314 g/mol. The molecular formula is C17H12ClNO3. The summed E-state index contributed by atoms with van der Waals surface area (Å²) in [4.78, 5) is 10.9. The second-order valence-corrected chi connectivity index (χ2v) is 5.26. The van der Waals surface area contributed by atoms with Crippen LogP contribution in [0.15, 0.2) is 54.6 Å². The zero-order valence-electron chi connectivity index (χ0n) is 11.7. The average Bonchev–Trinajstić information content (AvgIpc) is 2.52. The van der Waals surface area contributed by atoms with Crippen LogP contribution in [0.3, 0.4) is 0 Å². The van der Waals surface area contributed by atoms with Gasteiger partial charge in [-0.2, -0.15) is 0 Å². The zero-order valence-corrected chi connectivity index (χ0v) is 12.5. The Bertz CT molecular complexity index is 877. The Labute approximate surface area is 132 Å². The van der Waals surface area contributed by atoms with Crippen LogP contribution >= 0.6 is 11.6 Å². The van der Waals surface area contributed by atoms with Gasteiger partial charge in [-0.1, -0.05) is 48.0 Å². The molecule has 0 fully saturated rings. The molecule has 4 nitrogen and oxygen atoms in total. The first-order chi connectivity index (χ1) is 10.6. The third-order valence-corrected chi connectivity index (χ3v) is 3.82.